The minimum Gasteiger partial charge on any atom is -0.309 e. The van der Waals surface area contributed by atoms with Crippen molar-refractivity contribution < 1.29 is 4.39 Å². The van der Waals surface area contributed by atoms with Crippen LogP contribution in [0.2, 0.25) is 0 Å². The van der Waals surface area contributed by atoms with Gasteiger partial charge in [0.05, 0.1) is 5.69 Å². The lowest BCUT2D eigenvalue weighted by atomic mass is 10.3. The minimum absolute atomic E-state index is 0.0706. The molecular formula is C12H9FN4O2. The third-order valence-electron chi connectivity index (χ3n) is 2.73. The van der Waals surface area contributed by atoms with E-state index in [0.29, 0.717) is 5.82 Å². The Bertz CT molecular complexity index is 891. The van der Waals surface area contributed by atoms with Crippen molar-refractivity contribution in [3.8, 4) is 5.69 Å². The molecule has 2 aromatic heterocycles. The van der Waals surface area contributed by atoms with Crippen molar-refractivity contribution >= 4 is 11.2 Å². The fourth-order valence-corrected chi connectivity index (χ4v) is 1.99. The van der Waals surface area contributed by atoms with Crippen LogP contribution in [-0.2, 0) is 0 Å². The van der Waals surface area contributed by atoms with Gasteiger partial charge in [0.1, 0.15) is 11.6 Å². The van der Waals surface area contributed by atoms with Crippen molar-refractivity contribution in [2.24, 2.45) is 0 Å². The predicted octanol–water partition coefficient (Wildman–Crippen LogP) is 0.850. The number of aromatic amines is 2. The highest BCUT2D eigenvalue weighted by Crippen LogP contribution is 2.11. The van der Waals surface area contributed by atoms with E-state index in [1.807, 2.05) is 0 Å². The maximum absolute atomic E-state index is 13.2. The molecule has 6 nitrogen and oxygen atoms in total. The second kappa shape index (κ2) is 3.91. The van der Waals surface area contributed by atoms with Gasteiger partial charge >= 0.3 is 5.69 Å². The molecular weight excluding hydrogens is 251 g/mol. The van der Waals surface area contributed by atoms with E-state index in [0.717, 1.165) is 4.57 Å². The molecule has 0 aliphatic rings. The molecule has 3 aromatic rings. The zero-order chi connectivity index (χ0) is 13.6. The topological polar surface area (TPSA) is 83.5 Å². The predicted molar refractivity (Wildman–Crippen MR) is 67.0 cm³/mol. The van der Waals surface area contributed by atoms with Gasteiger partial charge < -0.3 is 4.98 Å². The molecule has 19 heavy (non-hydrogen) atoms. The average molecular weight is 260 g/mol. The van der Waals surface area contributed by atoms with Crippen LogP contribution >= 0.6 is 0 Å². The van der Waals surface area contributed by atoms with Gasteiger partial charge in [-0.05, 0) is 25.1 Å². The number of hydrogen-bond donors (Lipinski definition) is 2. The Balaban J connectivity index is 2.45. The van der Waals surface area contributed by atoms with E-state index in [1.54, 1.807) is 6.92 Å². The van der Waals surface area contributed by atoms with E-state index in [1.165, 1.54) is 24.3 Å². The summed E-state index contributed by atoms with van der Waals surface area (Å²) >= 11 is 0. The molecule has 0 radical (unpaired) electrons. The summed E-state index contributed by atoms with van der Waals surface area (Å²) in [7, 11) is 0. The molecule has 96 valence electrons. The van der Waals surface area contributed by atoms with Crippen molar-refractivity contribution in [1.82, 2.24) is 19.5 Å². The molecule has 3 rings (SSSR count). The average Bonchev–Trinajstić information content (AvgIpc) is 2.65. The van der Waals surface area contributed by atoms with E-state index >= 15 is 0 Å². The molecule has 0 unspecified atom stereocenters. The van der Waals surface area contributed by atoms with Crippen molar-refractivity contribution in [2.75, 3.05) is 0 Å². The van der Waals surface area contributed by atoms with E-state index in [4.69, 9.17) is 0 Å². The fourth-order valence-electron chi connectivity index (χ4n) is 1.99. The molecule has 1 aromatic carbocycles. The Labute approximate surface area is 105 Å². The number of fused-ring (bicyclic) bond motifs is 1. The van der Waals surface area contributed by atoms with E-state index in [9.17, 15) is 14.0 Å². The molecule has 0 aliphatic carbocycles. The Morgan fingerprint density at radius 2 is 2.05 bits per heavy atom. The third-order valence-corrected chi connectivity index (χ3v) is 2.73. The van der Waals surface area contributed by atoms with E-state index in [-0.39, 0.29) is 16.9 Å². The summed E-state index contributed by atoms with van der Waals surface area (Å²) in [5.41, 5.74) is -0.474. The molecule has 2 N–H and O–H groups in total. The number of rotatable bonds is 1. The maximum Gasteiger partial charge on any atom is 0.332 e. The van der Waals surface area contributed by atoms with Crippen molar-refractivity contribution in [2.45, 2.75) is 6.92 Å². The molecule has 0 aliphatic heterocycles. The van der Waals surface area contributed by atoms with Crippen LogP contribution in [0.1, 0.15) is 5.82 Å². The summed E-state index contributed by atoms with van der Waals surface area (Å²) in [6.07, 6.45) is 0. The Hall–Kier alpha value is -2.70. The van der Waals surface area contributed by atoms with E-state index < -0.39 is 17.1 Å². The number of nitrogens with zero attached hydrogens (tertiary/aromatic N) is 2. The summed E-state index contributed by atoms with van der Waals surface area (Å²) in [6.45, 7) is 1.61. The molecule has 7 heteroatoms. The summed E-state index contributed by atoms with van der Waals surface area (Å²) < 4.78 is 14.3. The first-order valence-corrected chi connectivity index (χ1v) is 5.54. The monoisotopic (exact) mass is 260 g/mol. The van der Waals surface area contributed by atoms with Gasteiger partial charge in [0.25, 0.3) is 5.56 Å². The number of aromatic nitrogens is 4. The molecule has 2 heterocycles. The zero-order valence-electron chi connectivity index (χ0n) is 9.90. The standard InChI is InChI=1S/C12H9FN4O2/c1-6-14-10-9(11(18)15-6)17(12(19)16-10)8-4-2-3-7(13)5-8/h2-5H,1H3,(H2,14,15,16,18,19). The quantitative estimate of drug-likeness (QED) is 0.680. The van der Waals surface area contributed by atoms with Crippen molar-refractivity contribution in [1.29, 1.82) is 0 Å². The fraction of sp³-hybridized carbons (Fsp3) is 0.0833. The summed E-state index contributed by atoms with van der Waals surface area (Å²) in [5, 5.41) is 0. The molecule has 0 spiro atoms. The molecule has 0 amide bonds. The summed E-state index contributed by atoms with van der Waals surface area (Å²) in [6, 6.07) is 5.44. The van der Waals surface area contributed by atoms with Crippen LogP contribution in [0.25, 0.3) is 16.9 Å². The van der Waals surface area contributed by atoms with E-state index in [2.05, 4.69) is 15.0 Å². The van der Waals surface area contributed by atoms with Crippen LogP contribution in [0.15, 0.2) is 33.9 Å². The molecule has 0 atom stereocenters. The molecule has 0 saturated carbocycles. The Kier molecular flexibility index (Phi) is 2.34. The molecule has 0 fully saturated rings. The number of benzene rings is 1. The van der Waals surface area contributed by atoms with Gasteiger partial charge in [-0.3, -0.25) is 14.3 Å². The molecule has 0 bridgehead atoms. The van der Waals surface area contributed by atoms with Crippen LogP contribution in [0.5, 0.6) is 0 Å². The van der Waals surface area contributed by atoms with Crippen LogP contribution in [0.4, 0.5) is 4.39 Å². The smallest absolute Gasteiger partial charge is 0.309 e. The van der Waals surface area contributed by atoms with Crippen LogP contribution in [0, 0.1) is 12.7 Å². The second-order valence-electron chi connectivity index (χ2n) is 4.09. The first-order chi connectivity index (χ1) is 9.06. The number of nitrogens with one attached hydrogen (secondary N) is 2. The lowest BCUT2D eigenvalue weighted by molar-refractivity contribution is 0.626. The largest absolute Gasteiger partial charge is 0.332 e. The number of H-pyrrole nitrogens is 2. The van der Waals surface area contributed by atoms with Gasteiger partial charge in [-0.15, -0.1) is 0 Å². The van der Waals surface area contributed by atoms with Gasteiger partial charge in [-0.25, -0.2) is 14.2 Å². The van der Waals surface area contributed by atoms with Gasteiger partial charge in [-0.1, -0.05) is 6.07 Å². The first-order valence-electron chi connectivity index (χ1n) is 5.54. The van der Waals surface area contributed by atoms with Crippen molar-refractivity contribution in [3.05, 3.63) is 56.7 Å². The van der Waals surface area contributed by atoms with Crippen LogP contribution in [0.3, 0.4) is 0 Å². The highest BCUT2D eigenvalue weighted by atomic mass is 19.1. The zero-order valence-corrected chi connectivity index (χ0v) is 9.90. The Morgan fingerprint density at radius 1 is 1.26 bits per heavy atom. The number of imidazole rings is 1. The van der Waals surface area contributed by atoms with Gasteiger partial charge in [-0.2, -0.15) is 0 Å². The maximum atomic E-state index is 13.2. The molecule has 0 saturated heterocycles. The Morgan fingerprint density at radius 3 is 2.79 bits per heavy atom. The third kappa shape index (κ3) is 1.75. The first kappa shape index (κ1) is 11.4. The minimum atomic E-state index is -0.538. The number of halogens is 1. The SMILES string of the molecule is Cc1nc2[nH]c(=O)n(-c3cccc(F)c3)c2c(=O)[nH]1. The van der Waals surface area contributed by atoms with Gasteiger partial charge in [0.2, 0.25) is 0 Å². The summed E-state index contributed by atoms with van der Waals surface area (Å²) in [5.74, 6) is -0.0969. The van der Waals surface area contributed by atoms with Gasteiger partial charge in [0.15, 0.2) is 11.2 Å². The highest BCUT2D eigenvalue weighted by molar-refractivity contribution is 5.72. The second-order valence-corrected chi connectivity index (χ2v) is 4.09. The normalized spacial score (nSPS) is 11.1. The van der Waals surface area contributed by atoms with Gasteiger partial charge in [0, 0.05) is 0 Å². The lowest BCUT2D eigenvalue weighted by Crippen LogP contribution is -2.19. The highest BCUT2D eigenvalue weighted by Gasteiger charge is 2.14. The lowest BCUT2D eigenvalue weighted by Gasteiger charge is -2.02. The summed E-state index contributed by atoms with van der Waals surface area (Å²) in [4.78, 5) is 32.9. The van der Waals surface area contributed by atoms with Crippen molar-refractivity contribution in [3.63, 3.8) is 0 Å². The number of aryl methyl sites for hydroxylation is 1. The van der Waals surface area contributed by atoms with Crippen LogP contribution in [-0.4, -0.2) is 19.5 Å². The number of hydrogen-bond acceptors (Lipinski definition) is 3. The van der Waals surface area contributed by atoms with Crippen LogP contribution < -0.4 is 11.2 Å².